The molecule has 0 amide bonds. The number of aromatic nitrogens is 2. The van der Waals surface area contributed by atoms with E-state index in [-0.39, 0.29) is 0 Å². The molecule has 3 aromatic rings. The standard InChI is InChI=1S/C16H14Cl2N4/c17-11-3-1-10(2-4-11)5-6-20-16-12-7-14(19)13(18)8-15(12)21-9-22-16/h1-4,7-9H,5-6,19H2,(H,20,21,22). The maximum absolute atomic E-state index is 6.02. The fourth-order valence-electron chi connectivity index (χ4n) is 2.21. The van der Waals surface area contributed by atoms with Crippen LogP contribution in [0, 0.1) is 0 Å². The van der Waals surface area contributed by atoms with E-state index < -0.39 is 0 Å². The van der Waals surface area contributed by atoms with Gasteiger partial charge in [0.25, 0.3) is 0 Å². The zero-order valence-electron chi connectivity index (χ0n) is 11.7. The van der Waals surface area contributed by atoms with Gasteiger partial charge in [-0.1, -0.05) is 35.3 Å². The maximum atomic E-state index is 6.02. The van der Waals surface area contributed by atoms with E-state index in [1.165, 1.54) is 11.9 Å². The Morgan fingerprint density at radius 1 is 1.05 bits per heavy atom. The molecule has 4 nitrogen and oxygen atoms in total. The summed E-state index contributed by atoms with van der Waals surface area (Å²) < 4.78 is 0. The molecule has 1 aromatic heterocycles. The topological polar surface area (TPSA) is 63.8 Å². The number of anilines is 2. The largest absolute Gasteiger partial charge is 0.398 e. The Labute approximate surface area is 138 Å². The fraction of sp³-hybridized carbons (Fsp3) is 0.125. The molecular weight excluding hydrogens is 319 g/mol. The van der Waals surface area contributed by atoms with Gasteiger partial charge in [0.1, 0.15) is 12.1 Å². The van der Waals surface area contributed by atoms with Gasteiger partial charge >= 0.3 is 0 Å². The van der Waals surface area contributed by atoms with Crippen LogP contribution in [0.15, 0.2) is 42.7 Å². The number of nitrogens with one attached hydrogen (secondary N) is 1. The van der Waals surface area contributed by atoms with Gasteiger partial charge in [0, 0.05) is 17.0 Å². The Hall–Kier alpha value is -2.04. The van der Waals surface area contributed by atoms with E-state index in [9.17, 15) is 0 Å². The number of hydrogen-bond donors (Lipinski definition) is 2. The van der Waals surface area contributed by atoms with Crippen LogP contribution in [-0.2, 0) is 6.42 Å². The third kappa shape index (κ3) is 3.24. The quantitative estimate of drug-likeness (QED) is 0.703. The highest BCUT2D eigenvalue weighted by molar-refractivity contribution is 6.34. The molecule has 0 saturated carbocycles. The first-order chi connectivity index (χ1) is 10.6. The molecule has 6 heteroatoms. The second-order valence-electron chi connectivity index (χ2n) is 4.92. The summed E-state index contributed by atoms with van der Waals surface area (Å²) in [7, 11) is 0. The summed E-state index contributed by atoms with van der Waals surface area (Å²) in [5.41, 5.74) is 8.35. The van der Waals surface area contributed by atoms with Gasteiger partial charge in [-0.2, -0.15) is 0 Å². The van der Waals surface area contributed by atoms with Crippen molar-refractivity contribution in [2.45, 2.75) is 6.42 Å². The van der Waals surface area contributed by atoms with Crippen LogP contribution in [0.4, 0.5) is 11.5 Å². The van der Waals surface area contributed by atoms with E-state index in [0.717, 1.165) is 34.7 Å². The van der Waals surface area contributed by atoms with Gasteiger partial charge in [-0.15, -0.1) is 0 Å². The van der Waals surface area contributed by atoms with Gasteiger partial charge in [-0.05, 0) is 36.2 Å². The van der Waals surface area contributed by atoms with E-state index in [4.69, 9.17) is 28.9 Å². The second-order valence-corrected chi connectivity index (χ2v) is 5.76. The number of nitrogens with zero attached hydrogens (tertiary/aromatic N) is 2. The minimum absolute atomic E-state index is 0.498. The highest BCUT2D eigenvalue weighted by Gasteiger charge is 2.06. The Kier molecular flexibility index (Phi) is 4.32. The van der Waals surface area contributed by atoms with Crippen molar-refractivity contribution in [3.05, 3.63) is 58.3 Å². The minimum Gasteiger partial charge on any atom is -0.398 e. The minimum atomic E-state index is 0.498. The predicted octanol–water partition coefficient (Wildman–Crippen LogP) is 4.17. The molecule has 0 unspecified atom stereocenters. The first-order valence-electron chi connectivity index (χ1n) is 6.81. The van der Waals surface area contributed by atoms with Crippen LogP contribution in [0.2, 0.25) is 10.0 Å². The molecule has 3 N–H and O–H groups in total. The lowest BCUT2D eigenvalue weighted by atomic mass is 10.1. The predicted molar refractivity (Wildman–Crippen MR) is 92.6 cm³/mol. The molecule has 0 aliphatic rings. The molecule has 0 aliphatic heterocycles. The summed E-state index contributed by atoms with van der Waals surface area (Å²) in [5, 5.41) is 5.42. The third-order valence-electron chi connectivity index (χ3n) is 3.37. The monoisotopic (exact) mass is 332 g/mol. The van der Waals surface area contributed by atoms with Gasteiger partial charge in [-0.25, -0.2) is 9.97 Å². The molecule has 0 fully saturated rings. The number of halogens is 2. The van der Waals surface area contributed by atoms with Gasteiger partial charge in [-0.3, -0.25) is 0 Å². The van der Waals surface area contributed by atoms with Crippen molar-refractivity contribution in [3.8, 4) is 0 Å². The molecule has 0 spiro atoms. The van der Waals surface area contributed by atoms with Gasteiger partial charge in [0.15, 0.2) is 0 Å². The van der Waals surface area contributed by atoms with Gasteiger partial charge < -0.3 is 11.1 Å². The molecule has 0 radical (unpaired) electrons. The van der Waals surface area contributed by atoms with E-state index in [1.54, 1.807) is 12.1 Å². The summed E-state index contributed by atoms with van der Waals surface area (Å²) >= 11 is 11.9. The van der Waals surface area contributed by atoms with Crippen LogP contribution in [0.1, 0.15) is 5.56 Å². The van der Waals surface area contributed by atoms with E-state index >= 15 is 0 Å². The van der Waals surface area contributed by atoms with Crippen molar-refractivity contribution in [2.75, 3.05) is 17.6 Å². The highest BCUT2D eigenvalue weighted by atomic mass is 35.5. The highest BCUT2D eigenvalue weighted by Crippen LogP contribution is 2.27. The lowest BCUT2D eigenvalue weighted by Gasteiger charge is -2.09. The van der Waals surface area contributed by atoms with Crippen LogP contribution in [0.5, 0.6) is 0 Å². The molecule has 1 heterocycles. The summed E-state index contributed by atoms with van der Waals surface area (Å²) in [4.78, 5) is 8.49. The second kappa shape index (κ2) is 6.38. The zero-order chi connectivity index (χ0) is 15.5. The number of nitrogen functional groups attached to an aromatic ring is 1. The van der Waals surface area contributed by atoms with Crippen molar-refractivity contribution in [1.29, 1.82) is 0 Å². The van der Waals surface area contributed by atoms with E-state index in [2.05, 4.69) is 15.3 Å². The fourth-order valence-corrected chi connectivity index (χ4v) is 2.50. The first-order valence-corrected chi connectivity index (χ1v) is 7.57. The molecule has 22 heavy (non-hydrogen) atoms. The average molecular weight is 333 g/mol. The molecule has 0 saturated heterocycles. The third-order valence-corrected chi connectivity index (χ3v) is 3.95. The summed E-state index contributed by atoms with van der Waals surface area (Å²) in [5.74, 6) is 0.752. The number of nitrogens with two attached hydrogens (primary N) is 1. The molecule has 0 aliphatic carbocycles. The zero-order valence-corrected chi connectivity index (χ0v) is 13.2. The van der Waals surface area contributed by atoms with Crippen molar-refractivity contribution < 1.29 is 0 Å². The van der Waals surface area contributed by atoms with Crippen LogP contribution >= 0.6 is 23.2 Å². The maximum Gasteiger partial charge on any atom is 0.137 e. The van der Waals surface area contributed by atoms with Crippen LogP contribution < -0.4 is 11.1 Å². The number of hydrogen-bond acceptors (Lipinski definition) is 4. The number of fused-ring (bicyclic) bond motifs is 1. The van der Waals surface area contributed by atoms with Gasteiger partial charge in [0.2, 0.25) is 0 Å². The Morgan fingerprint density at radius 2 is 1.82 bits per heavy atom. The lowest BCUT2D eigenvalue weighted by Crippen LogP contribution is -2.07. The van der Waals surface area contributed by atoms with Crippen LogP contribution in [-0.4, -0.2) is 16.5 Å². The summed E-state index contributed by atoms with van der Waals surface area (Å²) in [6.45, 7) is 0.746. The van der Waals surface area contributed by atoms with Gasteiger partial charge in [0.05, 0.1) is 16.2 Å². The van der Waals surface area contributed by atoms with E-state index in [0.29, 0.717) is 10.7 Å². The van der Waals surface area contributed by atoms with Crippen molar-refractivity contribution >= 4 is 45.6 Å². The molecular formula is C16H14Cl2N4. The molecule has 0 atom stereocenters. The Balaban J connectivity index is 1.76. The SMILES string of the molecule is Nc1cc2c(NCCc3ccc(Cl)cc3)ncnc2cc1Cl. The lowest BCUT2D eigenvalue weighted by molar-refractivity contribution is 1.01. The summed E-state index contributed by atoms with van der Waals surface area (Å²) in [6, 6.07) is 11.3. The number of rotatable bonds is 4. The molecule has 112 valence electrons. The van der Waals surface area contributed by atoms with Crippen molar-refractivity contribution in [2.24, 2.45) is 0 Å². The number of benzene rings is 2. The van der Waals surface area contributed by atoms with Crippen molar-refractivity contribution in [1.82, 2.24) is 9.97 Å². The van der Waals surface area contributed by atoms with Crippen LogP contribution in [0.3, 0.4) is 0 Å². The smallest absolute Gasteiger partial charge is 0.137 e. The first kappa shape index (κ1) is 14.9. The van der Waals surface area contributed by atoms with E-state index in [1.807, 2.05) is 24.3 Å². The molecule has 2 aromatic carbocycles. The normalized spacial score (nSPS) is 10.8. The summed E-state index contributed by atoms with van der Waals surface area (Å²) in [6.07, 6.45) is 2.38. The Bertz CT molecular complexity index is 803. The van der Waals surface area contributed by atoms with Crippen LogP contribution in [0.25, 0.3) is 10.9 Å². The van der Waals surface area contributed by atoms with Crippen molar-refractivity contribution in [3.63, 3.8) is 0 Å². The molecule has 3 rings (SSSR count). The molecule has 0 bridgehead atoms. The average Bonchev–Trinajstić information content (AvgIpc) is 2.51. The Morgan fingerprint density at radius 3 is 2.59 bits per heavy atom.